The lowest BCUT2D eigenvalue weighted by atomic mass is 9.84. The van der Waals surface area contributed by atoms with Gasteiger partial charge in [-0.3, -0.25) is 0 Å². The van der Waals surface area contributed by atoms with Crippen LogP contribution in [-0.4, -0.2) is 65.8 Å². The van der Waals surface area contributed by atoms with E-state index in [1.54, 1.807) is 0 Å². The zero-order chi connectivity index (χ0) is 17.3. The van der Waals surface area contributed by atoms with Crippen LogP contribution in [0, 0.1) is 0 Å². The van der Waals surface area contributed by atoms with Gasteiger partial charge in [0.25, 0.3) is 0 Å². The molecule has 6 heteroatoms. The molecule has 0 unspecified atom stereocenters. The van der Waals surface area contributed by atoms with E-state index in [0.29, 0.717) is 13.2 Å². The zero-order valence-electron chi connectivity index (χ0n) is 15.0. The second-order valence-electron chi connectivity index (χ2n) is 8.06. The van der Waals surface area contributed by atoms with E-state index in [-0.39, 0.29) is 12.2 Å². The van der Waals surface area contributed by atoms with E-state index in [1.165, 1.54) is 12.8 Å². The second-order valence-corrected chi connectivity index (χ2v) is 8.06. The number of hydrogen-bond acceptors (Lipinski definition) is 6. The average molecular weight is 356 g/mol. The number of rotatable bonds is 0. The Hall–Kier alpha value is -0.240. The first kappa shape index (κ1) is 18.1. The van der Waals surface area contributed by atoms with Gasteiger partial charge in [0.1, 0.15) is 36.6 Å². The lowest BCUT2D eigenvalue weighted by molar-refractivity contribution is -0.222. The SMILES string of the molecule is O[C@H]1[C@H](O)[C@@H]2OCCCCCCCO[C@@H]2[C@H]2OC3(CCCCC3)O[C@H]12. The summed E-state index contributed by atoms with van der Waals surface area (Å²) in [5, 5.41) is 21.3. The van der Waals surface area contributed by atoms with Crippen LogP contribution in [0.3, 0.4) is 0 Å². The van der Waals surface area contributed by atoms with Gasteiger partial charge in [0.05, 0.1) is 0 Å². The Bertz CT molecular complexity index is 438. The van der Waals surface area contributed by atoms with Crippen LogP contribution in [0.4, 0.5) is 0 Å². The molecule has 4 rings (SSSR count). The molecule has 0 aromatic heterocycles. The van der Waals surface area contributed by atoms with Gasteiger partial charge in [-0.05, 0) is 25.7 Å². The lowest BCUT2D eigenvalue weighted by Crippen LogP contribution is -2.64. The van der Waals surface area contributed by atoms with Crippen molar-refractivity contribution in [2.24, 2.45) is 0 Å². The van der Waals surface area contributed by atoms with Crippen molar-refractivity contribution < 1.29 is 29.2 Å². The fourth-order valence-electron chi connectivity index (χ4n) is 4.83. The standard InChI is InChI=1S/C19H32O6/c20-13-14(21)16-18(25-19(24-16)9-5-4-6-10-19)17-15(13)22-11-7-2-1-3-8-12-23-17/h13-18,20-21H,1-12H2/t13-,14-,15-,16+,17-,18-/m0/s1. The van der Waals surface area contributed by atoms with Gasteiger partial charge >= 0.3 is 0 Å². The van der Waals surface area contributed by atoms with Gasteiger partial charge in [-0.25, -0.2) is 0 Å². The molecule has 1 spiro atoms. The minimum absolute atomic E-state index is 0.373. The fraction of sp³-hybridized carbons (Fsp3) is 1.00. The van der Waals surface area contributed by atoms with E-state index in [2.05, 4.69) is 0 Å². The van der Waals surface area contributed by atoms with Gasteiger partial charge in [0.15, 0.2) is 5.79 Å². The van der Waals surface area contributed by atoms with E-state index < -0.39 is 30.2 Å². The lowest BCUT2D eigenvalue weighted by Gasteiger charge is -2.43. The molecule has 0 bridgehead atoms. The van der Waals surface area contributed by atoms with Crippen LogP contribution in [0.5, 0.6) is 0 Å². The Kier molecular flexibility index (Phi) is 5.65. The maximum Gasteiger partial charge on any atom is 0.169 e. The molecule has 4 fully saturated rings. The molecule has 0 aromatic carbocycles. The smallest absolute Gasteiger partial charge is 0.169 e. The first-order valence-electron chi connectivity index (χ1n) is 10.2. The summed E-state index contributed by atoms with van der Waals surface area (Å²) in [6.45, 7) is 1.21. The van der Waals surface area contributed by atoms with Crippen LogP contribution in [0.15, 0.2) is 0 Å². The molecule has 2 saturated heterocycles. The minimum Gasteiger partial charge on any atom is -0.387 e. The number of hydrogen-bond donors (Lipinski definition) is 2. The number of aliphatic hydroxyl groups is 2. The van der Waals surface area contributed by atoms with E-state index in [1.807, 2.05) is 0 Å². The molecule has 6 atom stereocenters. The molecule has 144 valence electrons. The summed E-state index contributed by atoms with van der Waals surface area (Å²) in [5.74, 6) is -0.612. The van der Waals surface area contributed by atoms with Gasteiger partial charge in [0.2, 0.25) is 0 Å². The van der Waals surface area contributed by atoms with Gasteiger partial charge in [-0.15, -0.1) is 0 Å². The Morgan fingerprint density at radius 3 is 1.80 bits per heavy atom. The first-order valence-corrected chi connectivity index (χ1v) is 10.2. The number of fused-ring (bicyclic) bond motifs is 3. The van der Waals surface area contributed by atoms with Crippen molar-refractivity contribution in [3.8, 4) is 0 Å². The maximum atomic E-state index is 10.7. The van der Waals surface area contributed by atoms with E-state index in [9.17, 15) is 10.2 Å². The summed E-state index contributed by atoms with van der Waals surface area (Å²) >= 11 is 0. The molecule has 2 saturated carbocycles. The molecule has 0 amide bonds. The van der Waals surface area contributed by atoms with E-state index >= 15 is 0 Å². The maximum absolute atomic E-state index is 10.7. The summed E-state index contributed by atoms with van der Waals surface area (Å²) in [7, 11) is 0. The number of ether oxygens (including phenoxy) is 4. The largest absolute Gasteiger partial charge is 0.387 e. The fourth-order valence-corrected chi connectivity index (χ4v) is 4.83. The van der Waals surface area contributed by atoms with E-state index in [4.69, 9.17) is 18.9 Å². The summed E-state index contributed by atoms with van der Waals surface area (Å²) in [4.78, 5) is 0. The first-order chi connectivity index (χ1) is 12.2. The van der Waals surface area contributed by atoms with Crippen LogP contribution in [-0.2, 0) is 18.9 Å². The molecule has 2 aliphatic carbocycles. The summed E-state index contributed by atoms with van der Waals surface area (Å²) in [6.07, 6.45) is 6.62. The quantitative estimate of drug-likeness (QED) is 0.690. The predicted octanol–water partition coefficient (Wildman–Crippen LogP) is 1.90. The van der Waals surface area contributed by atoms with Crippen molar-refractivity contribution >= 4 is 0 Å². The van der Waals surface area contributed by atoms with Crippen molar-refractivity contribution in [2.75, 3.05) is 13.2 Å². The highest BCUT2D eigenvalue weighted by Crippen LogP contribution is 2.46. The molecular weight excluding hydrogens is 324 g/mol. The topological polar surface area (TPSA) is 77.4 Å². The molecule has 2 aliphatic heterocycles. The van der Waals surface area contributed by atoms with Crippen LogP contribution in [0.25, 0.3) is 0 Å². The number of aliphatic hydroxyl groups excluding tert-OH is 2. The van der Waals surface area contributed by atoms with Crippen LogP contribution in [0.2, 0.25) is 0 Å². The molecule has 2 N–H and O–H groups in total. The molecule has 0 radical (unpaired) electrons. The van der Waals surface area contributed by atoms with Gasteiger partial charge < -0.3 is 29.2 Å². The summed E-state index contributed by atoms with van der Waals surface area (Å²) in [6, 6.07) is 0. The third kappa shape index (κ3) is 3.62. The van der Waals surface area contributed by atoms with Crippen molar-refractivity contribution in [1.82, 2.24) is 0 Å². The highest BCUT2D eigenvalue weighted by Gasteiger charge is 2.60. The van der Waals surface area contributed by atoms with Gasteiger partial charge in [-0.1, -0.05) is 25.7 Å². The highest BCUT2D eigenvalue weighted by molar-refractivity contribution is 5.06. The Labute approximate surface area is 149 Å². The normalized spacial score (nSPS) is 45.4. The van der Waals surface area contributed by atoms with E-state index in [0.717, 1.165) is 51.4 Å². The summed E-state index contributed by atoms with van der Waals surface area (Å²) in [5.41, 5.74) is 0. The monoisotopic (exact) mass is 356 g/mol. The Morgan fingerprint density at radius 2 is 1.08 bits per heavy atom. The van der Waals surface area contributed by atoms with Crippen molar-refractivity contribution in [3.05, 3.63) is 0 Å². The average Bonchev–Trinajstić information content (AvgIpc) is 2.95. The highest BCUT2D eigenvalue weighted by atomic mass is 16.8. The third-order valence-electron chi connectivity index (χ3n) is 6.22. The molecule has 2 heterocycles. The van der Waals surface area contributed by atoms with Crippen LogP contribution >= 0.6 is 0 Å². The van der Waals surface area contributed by atoms with Crippen LogP contribution in [0.1, 0.15) is 64.2 Å². The molecule has 25 heavy (non-hydrogen) atoms. The van der Waals surface area contributed by atoms with Crippen LogP contribution < -0.4 is 0 Å². The predicted molar refractivity (Wildman–Crippen MR) is 90.1 cm³/mol. The Morgan fingerprint density at radius 1 is 0.560 bits per heavy atom. The van der Waals surface area contributed by atoms with Gasteiger partial charge in [0, 0.05) is 26.1 Å². The van der Waals surface area contributed by atoms with Gasteiger partial charge in [-0.2, -0.15) is 0 Å². The molecule has 4 aliphatic rings. The zero-order valence-corrected chi connectivity index (χ0v) is 15.0. The minimum atomic E-state index is -1.01. The second kappa shape index (κ2) is 7.79. The molecular formula is C19H32O6. The third-order valence-corrected chi connectivity index (χ3v) is 6.22. The molecule has 6 nitrogen and oxygen atoms in total. The van der Waals surface area contributed by atoms with Crippen molar-refractivity contribution in [3.63, 3.8) is 0 Å². The summed E-state index contributed by atoms with van der Waals surface area (Å²) < 4.78 is 24.7. The van der Waals surface area contributed by atoms with Crippen molar-refractivity contribution in [2.45, 2.75) is 107 Å². The Balaban J connectivity index is 1.55. The molecule has 0 aromatic rings. The van der Waals surface area contributed by atoms with Crippen molar-refractivity contribution in [1.29, 1.82) is 0 Å².